The molecule has 1 unspecified atom stereocenters. The zero-order valence-electron chi connectivity index (χ0n) is 13.9. The number of benzene rings is 1. The van der Waals surface area contributed by atoms with Crippen LogP contribution in [0.1, 0.15) is 26.2 Å². The van der Waals surface area contributed by atoms with Crippen LogP contribution in [-0.2, 0) is 14.4 Å². The van der Waals surface area contributed by atoms with E-state index < -0.39 is 12.3 Å². The van der Waals surface area contributed by atoms with E-state index in [0.29, 0.717) is 11.4 Å². The Kier molecular flexibility index (Phi) is 6.44. The molecule has 0 radical (unpaired) electrons. The second-order valence-corrected chi connectivity index (χ2v) is 6.00. The Morgan fingerprint density at radius 3 is 2.72 bits per heavy atom. The highest BCUT2D eigenvalue weighted by molar-refractivity contribution is 6.10. The first kappa shape index (κ1) is 18.8. The molecule has 1 aromatic carbocycles. The third kappa shape index (κ3) is 5.23. The molecular formula is C17H21F2N3O3. The number of hydrogen-bond acceptors (Lipinski definition) is 3. The van der Waals surface area contributed by atoms with E-state index in [1.54, 1.807) is 24.3 Å². The first-order valence-electron chi connectivity index (χ1n) is 8.12. The topological polar surface area (TPSA) is 78.5 Å². The molecule has 0 aromatic heterocycles. The molecule has 1 aromatic rings. The minimum atomic E-state index is -2.41. The summed E-state index contributed by atoms with van der Waals surface area (Å²) in [5.74, 6) is -1.79. The number of hydrogen-bond donors (Lipinski definition) is 2. The summed E-state index contributed by atoms with van der Waals surface area (Å²) >= 11 is 0. The van der Waals surface area contributed by atoms with Crippen molar-refractivity contribution < 1.29 is 23.2 Å². The number of carbonyl (C=O) groups is 3. The van der Waals surface area contributed by atoms with Crippen LogP contribution in [0.25, 0.3) is 0 Å². The fraction of sp³-hybridized carbons (Fsp3) is 0.471. The number of para-hydroxylation sites is 2. The molecule has 1 atom stereocenters. The van der Waals surface area contributed by atoms with Crippen molar-refractivity contribution in [2.24, 2.45) is 5.92 Å². The van der Waals surface area contributed by atoms with Crippen molar-refractivity contribution >= 4 is 29.1 Å². The van der Waals surface area contributed by atoms with Gasteiger partial charge < -0.3 is 15.5 Å². The Morgan fingerprint density at radius 2 is 2.00 bits per heavy atom. The Bertz CT molecular complexity index is 652. The number of nitrogens with one attached hydrogen (secondary N) is 2. The molecule has 0 saturated heterocycles. The minimum Gasteiger partial charge on any atom is -0.356 e. The molecule has 25 heavy (non-hydrogen) atoms. The highest BCUT2D eigenvalue weighted by atomic mass is 19.3. The second kappa shape index (κ2) is 8.55. The molecule has 0 fully saturated rings. The van der Waals surface area contributed by atoms with Crippen LogP contribution >= 0.6 is 0 Å². The number of fused-ring (bicyclic) bond motifs is 1. The second-order valence-electron chi connectivity index (χ2n) is 6.00. The van der Waals surface area contributed by atoms with Gasteiger partial charge in [-0.05, 0) is 18.6 Å². The normalized spacial score (nSPS) is 14.7. The highest BCUT2D eigenvalue weighted by Gasteiger charge is 2.26. The van der Waals surface area contributed by atoms with E-state index in [2.05, 4.69) is 10.6 Å². The van der Waals surface area contributed by atoms with Gasteiger partial charge in [-0.3, -0.25) is 14.4 Å². The van der Waals surface area contributed by atoms with Gasteiger partial charge in [0.15, 0.2) is 0 Å². The third-order valence-corrected chi connectivity index (χ3v) is 3.99. The van der Waals surface area contributed by atoms with Gasteiger partial charge in [-0.15, -0.1) is 0 Å². The maximum absolute atomic E-state index is 12.4. The molecule has 8 heteroatoms. The lowest BCUT2D eigenvalue weighted by Crippen LogP contribution is -2.42. The van der Waals surface area contributed by atoms with E-state index in [4.69, 9.17) is 0 Å². The summed E-state index contributed by atoms with van der Waals surface area (Å²) in [4.78, 5) is 37.1. The van der Waals surface area contributed by atoms with E-state index in [0.717, 1.165) is 0 Å². The SMILES string of the molecule is CC(CCNC(=O)CCC(=O)N1CC(=O)Nc2ccccc21)C(F)F. The molecule has 1 aliphatic heterocycles. The van der Waals surface area contributed by atoms with Gasteiger partial charge in [0.05, 0.1) is 11.4 Å². The lowest BCUT2D eigenvalue weighted by molar-refractivity contribution is -0.125. The predicted molar refractivity (Wildman–Crippen MR) is 89.5 cm³/mol. The average Bonchev–Trinajstić information content (AvgIpc) is 2.58. The van der Waals surface area contributed by atoms with Crippen LogP contribution in [0.15, 0.2) is 24.3 Å². The molecule has 1 aliphatic rings. The highest BCUT2D eigenvalue weighted by Crippen LogP contribution is 2.29. The lowest BCUT2D eigenvalue weighted by atomic mass is 10.1. The van der Waals surface area contributed by atoms with Gasteiger partial charge in [-0.2, -0.15) is 0 Å². The Hall–Kier alpha value is -2.51. The first-order valence-corrected chi connectivity index (χ1v) is 8.12. The molecule has 0 bridgehead atoms. The van der Waals surface area contributed by atoms with Gasteiger partial charge in [0.2, 0.25) is 24.1 Å². The Morgan fingerprint density at radius 1 is 1.28 bits per heavy atom. The van der Waals surface area contributed by atoms with Crippen LogP contribution in [0.5, 0.6) is 0 Å². The van der Waals surface area contributed by atoms with Gasteiger partial charge in [0, 0.05) is 25.3 Å². The van der Waals surface area contributed by atoms with Crippen LogP contribution < -0.4 is 15.5 Å². The van der Waals surface area contributed by atoms with E-state index >= 15 is 0 Å². The van der Waals surface area contributed by atoms with Crippen LogP contribution in [0, 0.1) is 5.92 Å². The van der Waals surface area contributed by atoms with Gasteiger partial charge in [0.25, 0.3) is 0 Å². The fourth-order valence-corrected chi connectivity index (χ4v) is 2.46. The first-order chi connectivity index (χ1) is 11.9. The molecule has 1 heterocycles. The van der Waals surface area contributed by atoms with E-state index in [1.165, 1.54) is 11.8 Å². The number of amides is 3. The van der Waals surface area contributed by atoms with Crippen molar-refractivity contribution in [2.75, 3.05) is 23.3 Å². The lowest BCUT2D eigenvalue weighted by Gasteiger charge is -2.29. The summed E-state index contributed by atoms with van der Waals surface area (Å²) < 4.78 is 24.7. The molecule has 2 N–H and O–H groups in total. The number of anilines is 2. The van der Waals surface area contributed by atoms with Crippen molar-refractivity contribution in [3.63, 3.8) is 0 Å². The molecule has 136 valence electrons. The minimum absolute atomic E-state index is 0.0534. The maximum Gasteiger partial charge on any atom is 0.244 e. The summed E-state index contributed by atoms with van der Waals surface area (Å²) in [6.45, 7) is 1.47. The number of nitrogens with zero attached hydrogens (tertiary/aromatic N) is 1. The third-order valence-electron chi connectivity index (χ3n) is 3.99. The van der Waals surface area contributed by atoms with Crippen LogP contribution in [0.4, 0.5) is 20.2 Å². The molecule has 0 spiro atoms. The van der Waals surface area contributed by atoms with Crippen molar-refractivity contribution in [2.45, 2.75) is 32.6 Å². The maximum atomic E-state index is 12.4. The summed E-state index contributed by atoms with van der Waals surface area (Å²) in [7, 11) is 0. The predicted octanol–water partition coefficient (Wildman–Crippen LogP) is 2.16. The number of rotatable bonds is 7. The molecule has 6 nitrogen and oxygen atoms in total. The number of carbonyl (C=O) groups excluding carboxylic acids is 3. The fourth-order valence-electron chi connectivity index (χ4n) is 2.46. The number of halogens is 2. The van der Waals surface area contributed by atoms with Crippen molar-refractivity contribution in [3.05, 3.63) is 24.3 Å². The summed E-state index contributed by atoms with van der Waals surface area (Å²) in [5, 5.41) is 5.22. The zero-order chi connectivity index (χ0) is 18.4. The summed E-state index contributed by atoms with van der Waals surface area (Å²) in [6, 6.07) is 6.93. The van der Waals surface area contributed by atoms with Crippen LogP contribution in [-0.4, -0.2) is 37.2 Å². The quantitative estimate of drug-likeness (QED) is 0.788. The smallest absolute Gasteiger partial charge is 0.244 e. The van der Waals surface area contributed by atoms with Crippen molar-refractivity contribution in [1.82, 2.24) is 5.32 Å². The Balaban J connectivity index is 1.82. The summed E-state index contributed by atoms with van der Waals surface area (Å²) in [6.07, 6.45) is -2.35. The zero-order valence-corrected chi connectivity index (χ0v) is 13.9. The van der Waals surface area contributed by atoms with Gasteiger partial charge in [0.1, 0.15) is 6.54 Å². The van der Waals surface area contributed by atoms with Crippen molar-refractivity contribution in [1.29, 1.82) is 0 Å². The molecule has 3 amide bonds. The van der Waals surface area contributed by atoms with E-state index in [1.807, 2.05) is 0 Å². The van der Waals surface area contributed by atoms with Gasteiger partial charge in [-0.25, -0.2) is 8.78 Å². The monoisotopic (exact) mass is 353 g/mol. The molecule has 2 rings (SSSR count). The standard InChI is InChI=1S/C17H21F2N3O3/c1-11(17(18)19)8-9-20-14(23)6-7-16(25)22-10-15(24)21-12-4-2-3-5-13(12)22/h2-5,11,17H,6-10H2,1H3,(H,20,23)(H,21,24). The Labute approximate surface area is 144 Å². The average molecular weight is 353 g/mol. The molecule has 0 saturated carbocycles. The van der Waals surface area contributed by atoms with Gasteiger partial charge >= 0.3 is 0 Å². The molecular weight excluding hydrogens is 332 g/mol. The largest absolute Gasteiger partial charge is 0.356 e. The van der Waals surface area contributed by atoms with Crippen LogP contribution in [0.3, 0.4) is 0 Å². The van der Waals surface area contributed by atoms with E-state index in [-0.39, 0.29) is 50.1 Å². The van der Waals surface area contributed by atoms with E-state index in [9.17, 15) is 23.2 Å². The van der Waals surface area contributed by atoms with Crippen LogP contribution in [0.2, 0.25) is 0 Å². The molecule has 0 aliphatic carbocycles. The van der Waals surface area contributed by atoms with Crippen molar-refractivity contribution in [3.8, 4) is 0 Å². The van der Waals surface area contributed by atoms with Gasteiger partial charge in [-0.1, -0.05) is 19.1 Å². The number of alkyl halides is 2. The summed E-state index contributed by atoms with van der Waals surface area (Å²) in [5.41, 5.74) is 1.15.